The molecular formula is C9H8BrClO. The zero-order valence-corrected chi connectivity index (χ0v) is 8.73. The first-order valence-corrected chi connectivity index (χ1v) is 4.57. The van der Waals surface area contributed by atoms with Crippen LogP contribution in [0.25, 0.3) is 0 Å². The molecule has 0 amide bonds. The molecule has 0 spiro atoms. The molecule has 1 rings (SSSR count). The van der Waals surface area contributed by atoms with Crippen molar-refractivity contribution in [3.8, 4) is 5.75 Å². The minimum atomic E-state index is 0.459. The van der Waals surface area contributed by atoms with E-state index >= 15 is 0 Å². The van der Waals surface area contributed by atoms with Crippen molar-refractivity contribution >= 4 is 27.5 Å². The van der Waals surface area contributed by atoms with Crippen LogP contribution < -0.4 is 4.74 Å². The second-order valence-electron chi connectivity index (χ2n) is 2.26. The van der Waals surface area contributed by atoms with Gasteiger partial charge in [0.15, 0.2) is 0 Å². The lowest BCUT2D eigenvalue weighted by Crippen LogP contribution is -1.95. The van der Waals surface area contributed by atoms with Crippen molar-refractivity contribution in [2.24, 2.45) is 0 Å². The van der Waals surface area contributed by atoms with Gasteiger partial charge in [0.2, 0.25) is 0 Å². The summed E-state index contributed by atoms with van der Waals surface area (Å²) in [6, 6.07) is 7.26. The predicted molar refractivity (Wildman–Crippen MR) is 55.0 cm³/mol. The van der Waals surface area contributed by atoms with Crippen molar-refractivity contribution in [1.29, 1.82) is 0 Å². The summed E-state index contributed by atoms with van der Waals surface area (Å²) in [5.74, 6) is 0.753. The van der Waals surface area contributed by atoms with Crippen LogP contribution in [0.5, 0.6) is 5.75 Å². The van der Waals surface area contributed by atoms with E-state index in [-0.39, 0.29) is 0 Å². The van der Waals surface area contributed by atoms with E-state index in [1.807, 2.05) is 12.1 Å². The quantitative estimate of drug-likeness (QED) is 0.792. The van der Waals surface area contributed by atoms with Crippen molar-refractivity contribution in [1.82, 2.24) is 0 Å². The van der Waals surface area contributed by atoms with Crippen LogP contribution in [0, 0.1) is 0 Å². The minimum absolute atomic E-state index is 0.459. The fourth-order valence-electron chi connectivity index (χ4n) is 0.718. The lowest BCUT2D eigenvalue weighted by atomic mass is 10.3. The summed E-state index contributed by atoms with van der Waals surface area (Å²) in [4.78, 5) is 0. The van der Waals surface area contributed by atoms with Crippen molar-refractivity contribution in [3.63, 3.8) is 0 Å². The molecule has 0 fully saturated rings. The molecule has 12 heavy (non-hydrogen) atoms. The van der Waals surface area contributed by atoms with Crippen LogP contribution in [0.15, 0.2) is 35.3 Å². The SMILES string of the molecule is C=C(Br)COc1cccc(Cl)c1. The summed E-state index contributed by atoms with van der Waals surface area (Å²) in [6.07, 6.45) is 0. The first-order chi connectivity index (χ1) is 5.68. The van der Waals surface area contributed by atoms with Crippen molar-refractivity contribution < 1.29 is 4.74 Å². The molecule has 1 aromatic rings. The molecular weight excluding hydrogens is 239 g/mol. The molecule has 0 aromatic heterocycles. The maximum atomic E-state index is 5.75. The number of halogens is 2. The summed E-state index contributed by atoms with van der Waals surface area (Å²) in [6.45, 7) is 4.11. The Bertz CT molecular complexity index is 286. The van der Waals surface area contributed by atoms with Gasteiger partial charge in [-0.1, -0.05) is 40.2 Å². The van der Waals surface area contributed by atoms with Crippen molar-refractivity contribution in [3.05, 3.63) is 40.3 Å². The van der Waals surface area contributed by atoms with E-state index in [0.717, 1.165) is 10.2 Å². The Morgan fingerprint density at radius 1 is 1.58 bits per heavy atom. The highest BCUT2D eigenvalue weighted by molar-refractivity contribution is 9.11. The Hall–Kier alpha value is -0.470. The molecule has 64 valence electrons. The van der Waals surface area contributed by atoms with Crippen LogP contribution in [0.4, 0.5) is 0 Å². The Kier molecular flexibility index (Phi) is 3.63. The van der Waals surface area contributed by atoms with Gasteiger partial charge in [-0.15, -0.1) is 0 Å². The van der Waals surface area contributed by atoms with Crippen LogP contribution >= 0.6 is 27.5 Å². The first kappa shape index (κ1) is 9.62. The molecule has 0 saturated carbocycles. The summed E-state index contributed by atoms with van der Waals surface area (Å²) in [7, 11) is 0. The second-order valence-corrected chi connectivity index (χ2v) is 3.82. The number of rotatable bonds is 3. The standard InChI is InChI=1S/C9H8BrClO/c1-7(10)6-12-9-4-2-3-8(11)5-9/h2-5H,1,6H2. The third kappa shape index (κ3) is 3.28. The van der Waals surface area contributed by atoms with Gasteiger partial charge >= 0.3 is 0 Å². The first-order valence-electron chi connectivity index (χ1n) is 3.40. The van der Waals surface area contributed by atoms with Crippen molar-refractivity contribution in [2.75, 3.05) is 6.61 Å². The van der Waals surface area contributed by atoms with Crippen LogP contribution in [0.3, 0.4) is 0 Å². The summed E-state index contributed by atoms with van der Waals surface area (Å²) in [5, 5.41) is 0.674. The van der Waals surface area contributed by atoms with Crippen LogP contribution in [-0.4, -0.2) is 6.61 Å². The van der Waals surface area contributed by atoms with Crippen LogP contribution in [-0.2, 0) is 0 Å². The van der Waals surface area contributed by atoms with E-state index in [1.54, 1.807) is 12.1 Å². The summed E-state index contributed by atoms with van der Waals surface area (Å²) in [5.41, 5.74) is 0. The fraction of sp³-hybridized carbons (Fsp3) is 0.111. The molecule has 1 aromatic carbocycles. The van der Waals surface area contributed by atoms with E-state index in [1.165, 1.54) is 0 Å². The number of hydrogen-bond donors (Lipinski definition) is 0. The molecule has 0 aliphatic rings. The number of hydrogen-bond acceptors (Lipinski definition) is 1. The van der Waals surface area contributed by atoms with E-state index < -0.39 is 0 Å². The molecule has 0 unspecified atom stereocenters. The molecule has 0 aliphatic carbocycles. The second kappa shape index (κ2) is 4.53. The largest absolute Gasteiger partial charge is 0.488 e. The lowest BCUT2D eigenvalue weighted by molar-refractivity contribution is 0.361. The molecule has 0 saturated heterocycles. The fourth-order valence-corrected chi connectivity index (χ4v) is 1.01. The Morgan fingerprint density at radius 3 is 2.92 bits per heavy atom. The third-order valence-electron chi connectivity index (χ3n) is 1.19. The van der Waals surface area contributed by atoms with Gasteiger partial charge in [-0.05, 0) is 18.2 Å². The number of benzene rings is 1. The highest BCUT2D eigenvalue weighted by atomic mass is 79.9. The van der Waals surface area contributed by atoms with E-state index in [2.05, 4.69) is 22.5 Å². The molecule has 1 nitrogen and oxygen atoms in total. The third-order valence-corrected chi connectivity index (χ3v) is 1.66. The van der Waals surface area contributed by atoms with Crippen LogP contribution in [0.1, 0.15) is 0 Å². The zero-order valence-electron chi connectivity index (χ0n) is 6.39. The molecule has 0 heterocycles. The molecule has 0 N–H and O–H groups in total. The zero-order chi connectivity index (χ0) is 8.97. The molecule has 3 heteroatoms. The van der Waals surface area contributed by atoms with Gasteiger partial charge in [-0.3, -0.25) is 0 Å². The van der Waals surface area contributed by atoms with Gasteiger partial charge in [-0.2, -0.15) is 0 Å². The topological polar surface area (TPSA) is 9.23 Å². The minimum Gasteiger partial charge on any atom is -0.488 e. The van der Waals surface area contributed by atoms with Gasteiger partial charge in [0.25, 0.3) is 0 Å². The van der Waals surface area contributed by atoms with E-state index in [0.29, 0.717) is 11.6 Å². The van der Waals surface area contributed by atoms with Crippen molar-refractivity contribution in [2.45, 2.75) is 0 Å². The predicted octanol–water partition coefficient (Wildman–Crippen LogP) is 3.63. The maximum absolute atomic E-state index is 5.75. The van der Waals surface area contributed by atoms with Gasteiger partial charge in [0, 0.05) is 9.51 Å². The molecule has 0 bridgehead atoms. The summed E-state index contributed by atoms with van der Waals surface area (Å²) >= 11 is 8.94. The van der Waals surface area contributed by atoms with Gasteiger partial charge in [0.05, 0.1) is 0 Å². The highest BCUT2D eigenvalue weighted by Crippen LogP contribution is 2.17. The Labute approximate surface area is 85.1 Å². The van der Waals surface area contributed by atoms with Crippen LogP contribution in [0.2, 0.25) is 5.02 Å². The molecule has 0 aliphatic heterocycles. The summed E-state index contributed by atoms with van der Waals surface area (Å²) < 4.78 is 6.13. The highest BCUT2D eigenvalue weighted by Gasteiger charge is 1.94. The smallest absolute Gasteiger partial charge is 0.121 e. The van der Waals surface area contributed by atoms with E-state index in [4.69, 9.17) is 16.3 Å². The van der Waals surface area contributed by atoms with E-state index in [9.17, 15) is 0 Å². The number of ether oxygens (including phenoxy) is 1. The van der Waals surface area contributed by atoms with Gasteiger partial charge < -0.3 is 4.74 Å². The molecule has 0 atom stereocenters. The average molecular weight is 248 g/mol. The van der Waals surface area contributed by atoms with Gasteiger partial charge in [-0.25, -0.2) is 0 Å². The lowest BCUT2D eigenvalue weighted by Gasteiger charge is -2.04. The average Bonchev–Trinajstić information content (AvgIpc) is 2.01. The Balaban J connectivity index is 2.57. The normalized spacial score (nSPS) is 9.50. The molecule has 0 radical (unpaired) electrons. The Morgan fingerprint density at radius 2 is 2.33 bits per heavy atom. The maximum Gasteiger partial charge on any atom is 0.121 e. The van der Waals surface area contributed by atoms with Gasteiger partial charge in [0.1, 0.15) is 12.4 Å². The monoisotopic (exact) mass is 246 g/mol.